The number of benzene rings is 1. The lowest BCUT2D eigenvalue weighted by Crippen LogP contribution is -2.01. The van der Waals surface area contributed by atoms with Gasteiger partial charge in [-0.2, -0.15) is 0 Å². The molecule has 0 spiro atoms. The summed E-state index contributed by atoms with van der Waals surface area (Å²) in [4.78, 5) is 8.28. The van der Waals surface area contributed by atoms with Gasteiger partial charge in [0.25, 0.3) is 0 Å². The molecule has 1 heterocycles. The molecule has 6 heteroatoms. The molecule has 2 N–H and O–H groups in total. The Balaban J connectivity index is 0.000000210. The predicted octanol–water partition coefficient (Wildman–Crippen LogP) is 3.61. The molecule has 0 unspecified atom stereocenters. The smallest absolute Gasteiger partial charge is 0.224 e. The molecule has 0 amide bonds. The van der Waals surface area contributed by atoms with Crippen LogP contribution in [-0.2, 0) is 12.8 Å². The minimum absolute atomic E-state index is 0.347. The standard InChI is InChI=1S/C8H10ClN3.C6H5Cl.CH4O/c1-10-7-5-3-2-4-6(5)11-8(9)12-7;7-6-4-2-1-3-5-6;1-2/h2-4H2,1H3,(H,10,11,12);1-5H;2H,1H3. The summed E-state index contributed by atoms with van der Waals surface area (Å²) in [5.41, 5.74) is 2.35. The molecule has 0 bridgehead atoms. The van der Waals surface area contributed by atoms with E-state index in [0.717, 1.165) is 36.5 Å². The van der Waals surface area contributed by atoms with Crippen molar-refractivity contribution in [2.45, 2.75) is 19.3 Å². The molecular formula is C15H19Cl2N3O. The Labute approximate surface area is 135 Å². The van der Waals surface area contributed by atoms with Gasteiger partial charge in [0.2, 0.25) is 5.28 Å². The number of nitrogens with zero attached hydrogens (tertiary/aromatic N) is 2. The zero-order valence-corrected chi connectivity index (χ0v) is 13.6. The largest absolute Gasteiger partial charge is 0.400 e. The zero-order chi connectivity index (χ0) is 15.7. The summed E-state index contributed by atoms with van der Waals surface area (Å²) in [6.45, 7) is 0. The Morgan fingerprint density at radius 3 is 2.24 bits per heavy atom. The number of nitrogens with one attached hydrogen (secondary N) is 1. The van der Waals surface area contributed by atoms with E-state index in [4.69, 9.17) is 28.3 Å². The van der Waals surface area contributed by atoms with E-state index in [9.17, 15) is 0 Å². The van der Waals surface area contributed by atoms with Crippen LogP contribution in [0, 0.1) is 0 Å². The van der Waals surface area contributed by atoms with Gasteiger partial charge in [-0.25, -0.2) is 9.97 Å². The van der Waals surface area contributed by atoms with Gasteiger partial charge in [-0.3, -0.25) is 0 Å². The average Bonchev–Trinajstić information content (AvgIpc) is 2.98. The van der Waals surface area contributed by atoms with Crippen LogP contribution in [0.5, 0.6) is 0 Å². The number of anilines is 1. The molecule has 0 fully saturated rings. The normalized spacial score (nSPS) is 11.5. The number of aromatic nitrogens is 2. The number of halogens is 2. The number of aliphatic hydroxyl groups is 1. The third-order valence-electron chi connectivity index (χ3n) is 2.88. The Morgan fingerprint density at radius 1 is 1.05 bits per heavy atom. The van der Waals surface area contributed by atoms with Crippen LogP contribution in [0.25, 0.3) is 0 Å². The summed E-state index contributed by atoms with van der Waals surface area (Å²) >= 11 is 11.3. The SMILES string of the molecule is CNc1nc(Cl)nc2c1CCC2.CO.Clc1ccccc1. The second-order valence-corrected chi connectivity index (χ2v) is 4.94. The van der Waals surface area contributed by atoms with Gasteiger partial charge < -0.3 is 10.4 Å². The van der Waals surface area contributed by atoms with Crippen molar-refractivity contribution in [3.63, 3.8) is 0 Å². The highest BCUT2D eigenvalue weighted by Gasteiger charge is 2.17. The fourth-order valence-corrected chi connectivity index (χ4v) is 2.36. The molecule has 114 valence electrons. The van der Waals surface area contributed by atoms with Crippen molar-refractivity contribution < 1.29 is 5.11 Å². The second kappa shape index (κ2) is 9.55. The number of fused-ring (bicyclic) bond motifs is 1. The molecule has 21 heavy (non-hydrogen) atoms. The molecule has 0 aliphatic heterocycles. The summed E-state index contributed by atoms with van der Waals surface area (Å²) < 4.78 is 0. The Morgan fingerprint density at radius 2 is 1.71 bits per heavy atom. The van der Waals surface area contributed by atoms with Gasteiger partial charge in [0.15, 0.2) is 0 Å². The highest BCUT2D eigenvalue weighted by molar-refractivity contribution is 6.30. The van der Waals surface area contributed by atoms with Crippen molar-refractivity contribution in [1.29, 1.82) is 0 Å². The van der Waals surface area contributed by atoms with Crippen molar-refractivity contribution in [3.8, 4) is 0 Å². The molecule has 4 nitrogen and oxygen atoms in total. The lowest BCUT2D eigenvalue weighted by Gasteiger charge is -2.05. The maximum atomic E-state index is 7.00. The van der Waals surface area contributed by atoms with Gasteiger partial charge in [0.05, 0.1) is 5.69 Å². The van der Waals surface area contributed by atoms with E-state index >= 15 is 0 Å². The molecule has 0 saturated carbocycles. The van der Waals surface area contributed by atoms with E-state index in [2.05, 4.69) is 15.3 Å². The van der Waals surface area contributed by atoms with Crippen molar-refractivity contribution >= 4 is 29.0 Å². The van der Waals surface area contributed by atoms with Crippen LogP contribution < -0.4 is 5.32 Å². The fraction of sp³-hybridized carbons (Fsp3) is 0.333. The summed E-state index contributed by atoms with van der Waals surface area (Å²) in [6, 6.07) is 9.44. The van der Waals surface area contributed by atoms with Crippen molar-refractivity contribution in [1.82, 2.24) is 9.97 Å². The number of hydrogen-bond acceptors (Lipinski definition) is 4. The first-order valence-corrected chi connectivity index (χ1v) is 7.34. The van der Waals surface area contributed by atoms with Crippen molar-refractivity contribution in [2.24, 2.45) is 0 Å². The first-order valence-electron chi connectivity index (χ1n) is 6.59. The van der Waals surface area contributed by atoms with Crippen LogP contribution in [0.3, 0.4) is 0 Å². The summed E-state index contributed by atoms with van der Waals surface area (Å²) in [6.07, 6.45) is 3.27. The first-order chi connectivity index (χ1) is 10.2. The van der Waals surface area contributed by atoms with Crippen LogP contribution in [0.1, 0.15) is 17.7 Å². The molecule has 2 aromatic rings. The summed E-state index contributed by atoms with van der Waals surface area (Å²) in [5, 5.41) is 11.2. The lowest BCUT2D eigenvalue weighted by molar-refractivity contribution is 0.399. The monoisotopic (exact) mass is 327 g/mol. The van der Waals surface area contributed by atoms with Crippen LogP contribution in [0.4, 0.5) is 5.82 Å². The predicted molar refractivity (Wildman–Crippen MR) is 88.2 cm³/mol. The van der Waals surface area contributed by atoms with Gasteiger partial charge in [0, 0.05) is 24.7 Å². The Hall–Kier alpha value is -1.36. The van der Waals surface area contributed by atoms with Crippen LogP contribution in [-0.4, -0.2) is 29.2 Å². The third kappa shape index (κ3) is 5.50. The van der Waals surface area contributed by atoms with E-state index in [1.54, 1.807) is 0 Å². The maximum Gasteiger partial charge on any atom is 0.224 e. The molecular weight excluding hydrogens is 309 g/mol. The van der Waals surface area contributed by atoms with E-state index in [1.165, 1.54) is 12.0 Å². The van der Waals surface area contributed by atoms with E-state index in [-0.39, 0.29) is 0 Å². The second-order valence-electron chi connectivity index (χ2n) is 4.17. The van der Waals surface area contributed by atoms with E-state index in [0.29, 0.717) is 5.28 Å². The number of hydrogen-bond donors (Lipinski definition) is 2. The molecule has 0 atom stereocenters. The lowest BCUT2D eigenvalue weighted by atomic mass is 10.2. The van der Waals surface area contributed by atoms with Gasteiger partial charge in [-0.05, 0) is 43.0 Å². The molecule has 0 radical (unpaired) electrons. The van der Waals surface area contributed by atoms with Gasteiger partial charge in [0.1, 0.15) is 5.82 Å². The van der Waals surface area contributed by atoms with Gasteiger partial charge in [-0.15, -0.1) is 0 Å². The van der Waals surface area contributed by atoms with Gasteiger partial charge in [-0.1, -0.05) is 29.8 Å². The quantitative estimate of drug-likeness (QED) is 0.785. The molecule has 1 aromatic heterocycles. The Bertz CT molecular complexity index is 550. The van der Waals surface area contributed by atoms with Crippen molar-refractivity contribution in [2.75, 3.05) is 19.5 Å². The molecule has 1 aromatic carbocycles. The third-order valence-corrected chi connectivity index (χ3v) is 3.30. The number of aliphatic hydroxyl groups excluding tert-OH is 1. The molecule has 1 aliphatic rings. The molecule has 3 rings (SSSR count). The fourth-order valence-electron chi connectivity index (χ4n) is 2.02. The van der Waals surface area contributed by atoms with E-state index < -0.39 is 0 Å². The van der Waals surface area contributed by atoms with Crippen LogP contribution in [0.15, 0.2) is 30.3 Å². The van der Waals surface area contributed by atoms with E-state index in [1.807, 2.05) is 37.4 Å². The average molecular weight is 328 g/mol. The van der Waals surface area contributed by atoms with Crippen molar-refractivity contribution in [3.05, 3.63) is 51.9 Å². The van der Waals surface area contributed by atoms with Crippen LogP contribution >= 0.6 is 23.2 Å². The topological polar surface area (TPSA) is 58.0 Å². The molecule has 0 saturated heterocycles. The minimum atomic E-state index is 0.347. The first kappa shape index (κ1) is 17.7. The maximum absolute atomic E-state index is 7.00. The Kier molecular flexibility index (Phi) is 8.05. The number of rotatable bonds is 1. The van der Waals surface area contributed by atoms with Gasteiger partial charge >= 0.3 is 0 Å². The summed E-state index contributed by atoms with van der Waals surface area (Å²) in [5.74, 6) is 0.891. The highest BCUT2D eigenvalue weighted by atomic mass is 35.5. The highest BCUT2D eigenvalue weighted by Crippen LogP contribution is 2.26. The molecule has 1 aliphatic carbocycles. The summed E-state index contributed by atoms with van der Waals surface area (Å²) in [7, 11) is 2.86. The zero-order valence-electron chi connectivity index (χ0n) is 12.1. The van der Waals surface area contributed by atoms with Crippen LogP contribution in [0.2, 0.25) is 10.3 Å². The number of aryl methyl sites for hydroxylation is 1. The minimum Gasteiger partial charge on any atom is -0.400 e.